The van der Waals surface area contributed by atoms with E-state index < -0.39 is 12.1 Å². The van der Waals surface area contributed by atoms with E-state index in [0.29, 0.717) is 43.4 Å². The van der Waals surface area contributed by atoms with Crippen LogP contribution in [-0.2, 0) is 22.7 Å². The molecule has 0 N–H and O–H groups in total. The number of methoxy groups -OCH3 is 2. The van der Waals surface area contributed by atoms with Gasteiger partial charge in [-0.1, -0.05) is 5.16 Å². The molecular formula is C23H23F3N6O4. The molecule has 0 unspecified atom stereocenters. The predicted molar refractivity (Wildman–Crippen MR) is 122 cm³/mol. The zero-order valence-electron chi connectivity index (χ0n) is 19.7. The normalized spacial score (nSPS) is 11.8. The first-order chi connectivity index (χ1) is 17.2. The molecule has 0 aromatic carbocycles. The second kappa shape index (κ2) is 10.4. The van der Waals surface area contributed by atoms with Crippen LogP contribution in [0.3, 0.4) is 0 Å². The third-order valence-corrected chi connectivity index (χ3v) is 5.51. The molecule has 0 aliphatic rings. The maximum Gasteiger partial charge on any atom is 0.471 e. The first-order valence-corrected chi connectivity index (χ1v) is 10.8. The van der Waals surface area contributed by atoms with Crippen molar-refractivity contribution in [1.29, 1.82) is 0 Å². The van der Waals surface area contributed by atoms with Gasteiger partial charge in [-0.2, -0.15) is 18.2 Å². The Kier molecular flexibility index (Phi) is 7.31. The van der Waals surface area contributed by atoms with Crippen molar-refractivity contribution in [2.75, 3.05) is 40.5 Å². The van der Waals surface area contributed by atoms with Crippen LogP contribution >= 0.6 is 0 Å². The lowest BCUT2D eigenvalue weighted by Crippen LogP contribution is -2.37. The largest absolute Gasteiger partial charge is 0.471 e. The van der Waals surface area contributed by atoms with Gasteiger partial charge >= 0.3 is 12.1 Å². The molecule has 4 aromatic heterocycles. The summed E-state index contributed by atoms with van der Waals surface area (Å²) in [6.07, 6.45) is -1.71. The Hall–Kier alpha value is -3.84. The number of ether oxygens (including phenoxy) is 2. The number of fused-ring (bicyclic) bond motifs is 1. The van der Waals surface area contributed by atoms with Crippen molar-refractivity contribution in [2.45, 2.75) is 6.18 Å². The number of rotatable bonds is 9. The summed E-state index contributed by atoms with van der Waals surface area (Å²) < 4.78 is 54.8. The summed E-state index contributed by atoms with van der Waals surface area (Å²) in [6.45, 7) is 1.59. The lowest BCUT2D eigenvalue weighted by molar-refractivity contribution is -0.159. The standard InChI is InChI=1S/C23H23F3N6O4/c1-31-18(21(33)32(6-8-34-2)7-9-35-3)12-15-11-17(28-13-19(15)31)16-10-14(4-5-27-16)20-29-22(36-30-20)23(24,25)26/h4-5,10-13H,6-9H2,1-3H3. The summed E-state index contributed by atoms with van der Waals surface area (Å²) in [7, 11) is 4.91. The van der Waals surface area contributed by atoms with Crippen molar-refractivity contribution in [2.24, 2.45) is 7.05 Å². The average molecular weight is 504 g/mol. The minimum absolute atomic E-state index is 0.179. The Labute approximate surface area is 203 Å². The van der Waals surface area contributed by atoms with Gasteiger partial charge in [0.05, 0.1) is 36.3 Å². The van der Waals surface area contributed by atoms with E-state index in [9.17, 15) is 18.0 Å². The molecule has 0 aliphatic carbocycles. The van der Waals surface area contributed by atoms with E-state index >= 15 is 0 Å². The average Bonchev–Trinajstić information content (AvgIpc) is 3.49. The van der Waals surface area contributed by atoms with Crippen molar-refractivity contribution in [3.05, 3.63) is 48.2 Å². The van der Waals surface area contributed by atoms with Crippen molar-refractivity contribution in [3.8, 4) is 22.8 Å². The van der Waals surface area contributed by atoms with Crippen molar-refractivity contribution in [1.82, 2.24) is 29.6 Å². The van der Waals surface area contributed by atoms with Crippen LogP contribution in [0.2, 0.25) is 0 Å². The van der Waals surface area contributed by atoms with E-state index in [0.717, 1.165) is 10.9 Å². The second-order valence-electron chi connectivity index (χ2n) is 7.85. The number of aryl methyl sites for hydroxylation is 1. The van der Waals surface area contributed by atoms with Crippen LogP contribution in [0, 0.1) is 0 Å². The van der Waals surface area contributed by atoms with Gasteiger partial charge in [-0.15, -0.1) is 0 Å². The van der Waals surface area contributed by atoms with E-state index in [2.05, 4.69) is 24.6 Å². The Morgan fingerprint density at radius 3 is 2.42 bits per heavy atom. The van der Waals surface area contributed by atoms with Crippen LogP contribution in [0.15, 0.2) is 41.2 Å². The molecule has 4 aromatic rings. The zero-order valence-corrected chi connectivity index (χ0v) is 19.7. The summed E-state index contributed by atoms with van der Waals surface area (Å²) in [5.41, 5.74) is 2.33. The van der Waals surface area contributed by atoms with Gasteiger partial charge in [0.25, 0.3) is 5.91 Å². The number of amides is 1. The SMILES string of the molecule is COCCN(CCOC)C(=O)c1cc2cc(-c3cc(-c4noc(C(F)(F)F)n4)ccn3)ncc2n1C. The van der Waals surface area contributed by atoms with E-state index in [1.165, 1.54) is 18.3 Å². The molecule has 0 spiro atoms. The molecule has 0 saturated heterocycles. The molecule has 0 radical (unpaired) electrons. The fourth-order valence-corrected chi connectivity index (χ4v) is 3.62. The summed E-state index contributed by atoms with van der Waals surface area (Å²) in [6, 6.07) is 6.50. The number of hydrogen-bond acceptors (Lipinski definition) is 8. The quantitative estimate of drug-likeness (QED) is 0.341. The van der Waals surface area contributed by atoms with Gasteiger partial charge in [-0.3, -0.25) is 14.8 Å². The van der Waals surface area contributed by atoms with Gasteiger partial charge in [0.2, 0.25) is 5.82 Å². The van der Waals surface area contributed by atoms with E-state index in [1.54, 1.807) is 49.1 Å². The smallest absolute Gasteiger partial charge is 0.383 e. The van der Waals surface area contributed by atoms with Crippen LogP contribution in [0.25, 0.3) is 33.7 Å². The number of nitrogens with zero attached hydrogens (tertiary/aromatic N) is 6. The third kappa shape index (κ3) is 5.21. The van der Waals surface area contributed by atoms with E-state index in [4.69, 9.17) is 9.47 Å². The lowest BCUT2D eigenvalue weighted by atomic mass is 10.1. The molecule has 10 nitrogen and oxygen atoms in total. The zero-order chi connectivity index (χ0) is 25.9. The number of halogens is 3. The molecule has 0 aliphatic heterocycles. The van der Waals surface area contributed by atoms with Crippen LogP contribution in [0.5, 0.6) is 0 Å². The maximum atomic E-state index is 13.2. The highest BCUT2D eigenvalue weighted by atomic mass is 19.4. The number of carbonyl (C=O) groups excluding carboxylic acids is 1. The van der Waals surface area contributed by atoms with Crippen LogP contribution in [0.4, 0.5) is 13.2 Å². The first kappa shape index (κ1) is 25.3. The van der Waals surface area contributed by atoms with Crippen molar-refractivity contribution < 1.29 is 32.0 Å². The Balaban J connectivity index is 1.65. The molecule has 0 bridgehead atoms. The highest BCUT2D eigenvalue weighted by molar-refractivity contribution is 5.99. The minimum atomic E-state index is -4.74. The second-order valence-corrected chi connectivity index (χ2v) is 7.85. The number of carbonyl (C=O) groups is 1. The van der Waals surface area contributed by atoms with Crippen LogP contribution < -0.4 is 0 Å². The predicted octanol–water partition coefficient (Wildman–Crippen LogP) is 3.44. The van der Waals surface area contributed by atoms with Gasteiger partial charge in [-0.05, 0) is 24.3 Å². The summed E-state index contributed by atoms with van der Waals surface area (Å²) in [4.78, 5) is 27.0. The molecule has 0 saturated carbocycles. The maximum absolute atomic E-state index is 13.2. The Morgan fingerprint density at radius 1 is 1.08 bits per heavy atom. The van der Waals surface area contributed by atoms with E-state index in [1.807, 2.05) is 0 Å². The fraction of sp³-hybridized carbons (Fsp3) is 0.348. The van der Waals surface area contributed by atoms with Crippen LogP contribution in [-0.4, -0.2) is 76.0 Å². The molecule has 4 heterocycles. The molecule has 190 valence electrons. The van der Waals surface area contributed by atoms with Crippen molar-refractivity contribution in [3.63, 3.8) is 0 Å². The molecule has 0 atom stereocenters. The molecular weight excluding hydrogens is 481 g/mol. The van der Waals surface area contributed by atoms with Crippen molar-refractivity contribution >= 4 is 16.8 Å². The summed E-state index contributed by atoms with van der Waals surface area (Å²) in [5.74, 6) is -1.82. The highest BCUT2D eigenvalue weighted by Gasteiger charge is 2.38. The molecule has 0 fully saturated rings. The first-order valence-electron chi connectivity index (χ1n) is 10.8. The number of aromatic nitrogens is 5. The van der Waals surface area contributed by atoms with Crippen LogP contribution in [0.1, 0.15) is 16.4 Å². The minimum Gasteiger partial charge on any atom is -0.383 e. The lowest BCUT2D eigenvalue weighted by Gasteiger charge is -2.22. The van der Waals surface area contributed by atoms with Gasteiger partial charge in [0.15, 0.2) is 0 Å². The number of alkyl halides is 3. The van der Waals surface area contributed by atoms with E-state index in [-0.39, 0.29) is 17.3 Å². The number of pyridine rings is 2. The number of hydrogen-bond donors (Lipinski definition) is 0. The third-order valence-electron chi connectivity index (χ3n) is 5.51. The topological polar surface area (TPSA) is 108 Å². The molecule has 13 heteroatoms. The molecule has 1 amide bonds. The summed E-state index contributed by atoms with van der Waals surface area (Å²) in [5, 5.41) is 4.16. The Morgan fingerprint density at radius 2 is 1.78 bits per heavy atom. The van der Waals surface area contributed by atoms with Gasteiger partial charge < -0.3 is 23.5 Å². The molecule has 36 heavy (non-hydrogen) atoms. The fourth-order valence-electron chi connectivity index (χ4n) is 3.62. The monoisotopic (exact) mass is 504 g/mol. The van der Waals surface area contributed by atoms with Gasteiger partial charge in [0.1, 0.15) is 5.69 Å². The van der Waals surface area contributed by atoms with Gasteiger partial charge in [0, 0.05) is 51.5 Å². The van der Waals surface area contributed by atoms with Gasteiger partial charge in [-0.25, -0.2) is 0 Å². The Bertz CT molecular complexity index is 1360. The molecule has 4 rings (SSSR count). The summed E-state index contributed by atoms with van der Waals surface area (Å²) >= 11 is 0. The highest BCUT2D eigenvalue weighted by Crippen LogP contribution is 2.30.